The van der Waals surface area contributed by atoms with Crippen LogP contribution in [0.4, 0.5) is 4.39 Å². The van der Waals surface area contributed by atoms with E-state index < -0.39 is 0 Å². The van der Waals surface area contributed by atoms with E-state index in [9.17, 15) is 9.18 Å². The van der Waals surface area contributed by atoms with Gasteiger partial charge in [0.2, 0.25) is 0 Å². The first-order valence-corrected chi connectivity index (χ1v) is 7.57. The van der Waals surface area contributed by atoms with E-state index in [1.165, 1.54) is 12.1 Å². The van der Waals surface area contributed by atoms with Gasteiger partial charge >= 0.3 is 0 Å². The van der Waals surface area contributed by atoms with Gasteiger partial charge < -0.3 is 9.30 Å². The second-order valence-corrected chi connectivity index (χ2v) is 5.79. The number of hydrogen-bond acceptors (Lipinski definition) is 2. The van der Waals surface area contributed by atoms with E-state index in [-0.39, 0.29) is 17.5 Å². The van der Waals surface area contributed by atoms with Crippen LogP contribution in [-0.2, 0) is 6.54 Å². The minimum absolute atomic E-state index is 0.0667. The Hall–Kier alpha value is -2.62. The third kappa shape index (κ3) is 3.42. The number of rotatable bonds is 4. The summed E-state index contributed by atoms with van der Waals surface area (Å²) in [7, 11) is 0. The number of pyridine rings is 1. The SMILES string of the molecule is CC(C)Oc1ccc2c(=O)n(Cc3ccc(F)cc3)ccc2c1. The Bertz CT molecular complexity index is 882. The van der Waals surface area contributed by atoms with Gasteiger partial charge in [-0.15, -0.1) is 0 Å². The topological polar surface area (TPSA) is 31.2 Å². The molecule has 0 aliphatic heterocycles. The highest BCUT2D eigenvalue weighted by Crippen LogP contribution is 2.19. The minimum Gasteiger partial charge on any atom is -0.491 e. The van der Waals surface area contributed by atoms with Gasteiger partial charge in [-0.1, -0.05) is 12.1 Å². The highest BCUT2D eigenvalue weighted by Gasteiger charge is 2.06. The Morgan fingerprint density at radius 1 is 1.09 bits per heavy atom. The van der Waals surface area contributed by atoms with E-state index in [4.69, 9.17) is 4.74 Å². The second kappa shape index (κ2) is 6.24. The zero-order valence-electron chi connectivity index (χ0n) is 13.1. The molecule has 0 unspecified atom stereocenters. The van der Waals surface area contributed by atoms with Crippen molar-refractivity contribution >= 4 is 10.8 Å². The van der Waals surface area contributed by atoms with Gasteiger partial charge in [0.15, 0.2) is 0 Å². The quantitative estimate of drug-likeness (QED) is 0.730. The summed E-state index contributed by atoms with van der Waals surface area (Å²) in [6.07, 6.45) is 1.85. The van der Waals surface area contributed by atoms with Gasteiger partial charge in [-0.2, -0.15) is 0 Å². The van der Waals surface area contributed by atoms with Crippen LogP contribution in [0.15, 0.2) is 59.5 Å². The number of fused-ring (bicyclic) bond motifs is 1. The molecule has 0 atom stereocenters. The van der Waals surface area contributed by atoms with Crippen molar-refractivity contribution in [3.05, 3.63) is 76.5 Å². The molecule has 0 amide bonds. The number of ether oxygens (including phenoxy) is 1. The van der Waals surface area contributed by atoms with Crippen LogP contribution in [-0.4, -0.2) is 10.7 Å². The van der Waals surface area contributed by atoms with Gasteiger partial charge in [-0.3, -0.25) is 4.79 Å². The molecule has 23 heavy (non-hydrogen) atoms. The predicted octanol–water partition coefficient (Wildman–Crippen LogP) is 3.98. The van der Waals surface area contributed by atoms with Crippen LogP contribution in [0.2, 0.25) is 0 Å². The summed E-state index contributed by atoms with van der Waals surface area (Å²) in [5.41, 5.74) is 0.815. The number of aromatic nitrogens is 1. The first-order valence-electron chi connectivity index (χ1n) is 7.57. The highest BCUT2D eigenvalue weighted by molar-refractivity contribution is 5.82. The summed E-state index contributed by atoms with van der Waals surface area (Å²) in [6, 6.07) is 13.5. The fraction of sp³-hybridized carbons (Fsp3) is 0.211. The Morgan fingerprint density at radius 2 is 1.83 bits per heavy atom. The number of benzene rings is 2. The molecule has 0 N–H and O–H groups in total. The predicted molar refractivity (Wildman–Crippen MR) is 89.5 cm³/mol. The summed E-state index contributed by atoms with van der Waals surface area (Å²) >= 11 is 0. The van der Waals surface area contributed by atoms with E-state index in [1.807, 2.05) is 32.0 Å². The summed E-state index contributed by atoms with van der Waals surface area (Å²) in [5.74, 6) is 0.473. The normalized spacial score (nSPS) is 11.1. The third-order valence-corrected chi connectivity index (χ3v) is 3.59. The summed E-state index contributed by atoms with van der Waals surface area (Å²) in [6.45, 7) is 4.34. The Kier molecular flexibility index (Phi) is 4.15. The van der Waals surface area contributed by atoms with Crippen LogP contribution in [0.5, 0.6) is 5.75 Å². The van der Waals surface area contributed by atoms with E-state index >= 15 is 0 Å². The monoisotopic (exact) mass is 311 g/mol. The lowest BCUT2D eigenvalue weighted by Crippen LogP contribution is -2.20. The fourth-order valence-electron chi connectivity index (χ4n) is 2.52. The first kappa shape index (κ1) is 15.3. The van der Waals surface area contributed by atoms with Crippen molar-refractivity contribution in [2.24, 2.45) is 0 Å². The Balaban J connectivity index is 1.95. The zero-order valence-corrected chi connectivity index (χ0v) is 13.1. The van der Waals surface area contributed by atoms with Gasteiger partial charge in [0, 0.05) is 11.6 Å². The van der Waals surface area contributed by atoms with Crippen LogP contribution in [0.3, 0.4) is 0 Å². The molecule has 0 aliphatic carbocycles. The minimum atomic E-state index is -0.280. The van der Waals surface area contributed by atoms with E-state index in [0.29, 0.717) is 11.9 Å². The molecule has 3 rings (SSSR count). The molecule has 0 radical (unpaired) electrons. The number of nitrogens with zero attached hydrogens (tertiary/aromatic N) is 1. The van der Waals surface area contributed by atoms with Crippen LogP contribution in [0.1, 0.15) is 19.4 Å². The molecule has 0 fully saturated rings. The van der Waals surface area contributed by atoms with Crippen molar-refractivity contribution in [1.29, 1.82) is 0 Å². The smallest absolute Gasteiger partial charge is 0.258 e. The Morgan fingerprint density at radius 3 is 2.52 bits per heavy atom. The summed E-state index contributed by atoms with van der Waals surface area (Å²) in [4.78, 5) is 12.6. The lowest BCUT2D eigenvalue weighted by atomic mass is 10.1. The van der Waals surface area contributed by atoms with E-state index in [1.54, 1.807) is 29.0 Å². The van der Waals surface area contributed by atoms with Crippen molar-refractivity contribution in [2.75, 3.05) is 0 Å². The van der Waals surface area contributed by atoms with Crippen LogP contribution in [0, 0.1) is 5.82 Å². The maximum atomic E-state index is 13.0. The highest BCUT2D eigenvalue weighted by atomic mass is 19.1. The maximum absolute atomic E-state index is 13.0. The van der Waals surface area contributed by atoms with Crippen molar-refractivity contribution in [1.82, 2.24) is 4.57 Å². The molecule has 3 aromatic rings. The first-order chi connectivity index (χ1) is 11.0. The molecule has 0 saturated heterocycles. The molecule has 0 aliphatic rings. The maximum Gasteiger partial charge on any atom is 0.258 e. The lowest BCUT2D eigenvalue weighted by molar-refractivity contribution is 0.243. The van der Waals surface area contributed by atoms with Gasteiger partial charge in [-0.25, -0.2) is 4.39 Å². The van der Waals surface area contributed by atoms with Crippen molar-refractivity contribution in [3.63, 3.8) is 0 Å². The fourth-order valence-corrected chi connectivity index (χ4v) is 2.52. The molecule has 0 saturated carbocycles. The number of halogens is 1. The van der Waals surface area contributed by atoms with Gasteiger partial charge in [0.25, 0.3) is 5.56 Å². The molecule has 118 valence electrons. The van der Waals surface area contributed by atoms with E-state index in [0.717, 1.165) is 16.7 Å². The van der Waals surface area contributed by atoms with Gasteiger partial charge in [-0.05, 0) is 61.2 Å². The molecule has 4 heteroatoms. The Labute approximate surface area is 134 Å². The zero-order chi connectivity index (χ0) is 16.4. The van der Waals surface area contributed by atoms with Crippen LogP contribution < -0.4 is 10.3 Å². The lowest BCUT2D eigenvalue weighted by Gasteiger charge is -2.11. The molecular formula is C19H18FNO2. The molecule has 3 nitrogen and oxygen atoms in total. The third-order valence-electron chi connectivity index (χ3n) is 3.59. The largest absolute Gasteiger partial charge is 0.491 e. The van der Waals surface area contributed by atoms with Crippen LogP contribution in [0.25, 0.3) is 10.8 Å². The summed E-state index contributed by atoms with van der Waals surface area (Å²) in [5, 5.41) is 1.49. The summed E-state index contributed by atoms with van der Waals surface area (Å²) < 4.78 is 20.2. The van der Waals surface area contributed by atoms with Crippen molar-refractivity contribution < 1.29 is 9.13 Å². The average molecular weight is 311 g/mol. The molecule has 0 bridgehead atoms. The molecule has 0 spiro atoms. The molecule has 1 heterocycles. The van der Waals surface area contributed by atoms with E-state index in [2.05, 4.69) is 0 Å². The molecular weight excluding hydrogens is 293 g/mol. The molecule has 1 aromatic heterocycles. The molecule has 2 aromatic carbocycles. The van der Waals surface area contributed by atoms with Crippen LogP contribution >= 0.6 is 0 Å². The average Bonchev–Trinajstić information content (AvgIpc) is 2.51. The van der Waals surface area contributed by atoms with Gasteiger partial charge in [0.1, 0.15) is 11.6 Å². The second-order valence-electron chi connectivity index (χ2n) is 5.79. The van der Waals surface area contributed by atoms with Crippen molar-refractivity contribution in [2.45, 2.75) is 26.5 Å². The number of hydrogen-bond donors (Lipinski definition) is 0. The van der Waals surface area contributed by atoms with Crippen molar-refractivity contribution in [3.8, 4) is 5.75 Å². The standard InChI is InChI=1S/C19H18FNO2/c1-13(2)23-17-7-8-18-15(11-17)9-10-21(19(18)22)12-14-3-5-16(20)6-4-14/h3-11,13H,12H2,1-2H3. The van der Waals surface area contributed by atoms with Gasteiger partial charge in [0.05, 0.1) is 12.6 Å².